The zero-order chi connectivity index (χ0) is 31.3. The molecule has 1 aromatic heterocycles. The van der Waals surface area contributed by atoms with E-state index in [4.69, 9.17) is 11.6 Å². The third kappa shape index (κ3) is 7.89. The molecule has 3 heterocycles. The number of likely N-dealkylation sites (tertiary alicyclic amines) is 1. The van der Waals surface area contributed by atoms with Crippen LogP contribution in [-0.2, 0) is 21.7 Å². The fraction of sp³-hybridized carbons (Fsp3) is 0.367. The molecule has 232 valence electrons. The molecule has 44 heavy (non-hydrogen) atoms. The highest BCUT2D eigenvalue weighted by Crippen LogP contribution is 2.33. The van der Waals surface area contributed by atoms with Crippen LogP contribution in [0.15, 0.2) is 60.0 Å². The molecule has 1 unspecified atom stereocenters. The van der Waals surface area contributed by atoms with E-state index in [1.807, 2.05) is 4.90 Å². The van der Waals surface area contributed by atoms with Crippen molar-refractivity contribution in [1.82, 2.24) is 29.9 Å². The molecule has 0 saturated carbocycles. The Bertz CT molecular complexity index is 1530. The number of nitrogens with one attached hydrogen (secondary N) is 1. The van der Waals surface area contributed by atoms with E-state index < -0.39 is 17.2 Å². The molecular weight excluding hydrogens is 614 g/mol. The predicted molar refractivity (Wildman–Crippen MR) is 161 cm³/mol. The van der Waals surface area contributed by atoms with E-state index in [1.54, 1.807) is 30.3 Å². The van der Waals surface area contributed by atoms with Crippen molar-refractivity contribution in [3.63, 3.8) is 0 Å². The molecule has 3 aromatic rings. The van der Waals surface area contributed by atoms with Crippen LogP contribution in [0.5, 0.6) is 0 Å². The third-order valence-electron chi connectivity index (χ3n) is 7.59. The van der Waals surface area contributed by atoms with Gasteiger partial charge in [-0.15, -0.1) is 0 Å². The molecule has 3 amide bonds. The van der Waals surface area contributed by atoms with Gasteiger partial charge in [-0.1, -0.05) is 29.8 Å². The van der Waals surface area contributed by atoms with Gasteiger partial charge in [0.05, 0.1) is 11.4 Å². The predicted octanol–water partition coefficient (Wildman–Crippen LogP) is 4.19. The second-order valence-electron chi connectivity index (χ2n) is 10.9. The number of β-amino-alcohol motifs (C(OH)–C–C–N with tert-alkyl or cyclic N) is 1. The highest BCUT2D eigenvalue weighted by atomic mass is 35.5. The van der Waals surface area contributed by atoms with Gasteiger partial charge >= 0.3 is 0 Å². The maximum atomic E-state index is 14.7. The summed E-state index contributed by atoms with van der Waals surface area (Å²) in [5.74, 6) is -2.14. The molecule has 0 aliphatic carbocycles. The molecule has 0 bridgehead atoms. The van der Waals surface area contributed by atoms with Crippen LogP contribution in [0.4, 0.5) is 13.6 Å². The minimum atomic E-state index is -1.70. The molecule has 2 saturated heterocycles. The lowest BCUT2D eigenvalue weighted by atomic mass is 9.91. The standard InChI is InChI=1S/C30H31ClF2N6O4S/c31-21-5-3-20(4-6-21)14-26-28(41)39(29(42)44-26)11-1-2-27(40)36-23-9-12-37(13-10-23)16-30(43,17-38-19-34-18-35-38)24-8-7-22(32)15-25(24)33/h3-8,14-15,18-19,23,43H,1-2,9-13,16-17H2,(H,36,40). The molecule has 2 aliphatic rings. The number of aromatic nitrogens is 3. The van der Waals surface area contributed by atoms with Gasteiger partial charge in [-0.25, -0.2) is 18.4 Å². The second kappa shape index (κ2) is 14.0. The lowest BCUT2D eigenvalue weighted by Crippen LogP contribution is -2.50. The normalized spacial score (nSPS) is 18.6. The maximum absolute atomic E-state index is 14.7. The maximum Gasteiger partial charge on any atom is 0.293 e. The Labute approximate surface area is 262 Å². The smallest absolute Gasteiger partial charge is 0.293 e. The van der Waals surface area contributed by atoms with Crippen molar-refractivity contribution in [3.05, 3.63) is 87.8 Å². The molecule has 2 aromatic carbocycles. The number of carbonyl (C=O) groups excluding carboxylic acids is 3. The number of halogens is 3. The summed E-state index contributed by atoms with van der Waals surface area (Å²) < 4.78 is 29.7. The van der Waals surface area contributed by atoms with Gasteiger partial charge in [0.15, 0.2) is 0 Å². The summed E-state index contributed by atoms with van der Waals surface area (Å²) in [5.41, 5.74) is -0.979. The average molecular weight is 645 g/mol. The van der Waals surface area contributed by atoms with E-state index in [1.165, 1.54) is 23.4 Å². The topological polar surface area (TPSA) is 121 Å². The van der Waals surface area contributed by atoms with Gasteiger partial charge in [0.2, 0.25) is 5.91 Å². The van der Waals surface area contributed by atoms with Crippen LogP contribution in [-0.4, -0.2) is 78.9 Å². The number of benzene rings is 2. The largest absolute Gasteiger partial charge is 0.382 e. The molecule has 2 N–H and O–H groups in total. The zero-order valence-electron chi connectivity index (χ0n) is 23.7. The molecule has 5 rings (SSSR count). The van der Waals surface area contributed by atoms with E-state index in [-0.39, 0.29) is 54.7 Å². The van der Waals surface area contributed by atoms with Gasteiger partial charge in [-0.05, 0) is 60.9 Å². The minimum absolute atomic E-state index is 0.0363. The number of nitrogens with zero attached hydrogens (tertiary/aromatic N) is 5. The Morgan fingerprint density at radius 2 is 1.89 bits per heavy atom. The van der Waals surface area contributed by atoms with Crippen molar-refractivity contribution in [2.45, 2.75) is 43.9 Å². The number of piperidine rings is 1. The van der Waals surface area contributed by atoms with Crippen molar-refractivity contribution in [3.8, 4) is 0 Å². The van der Waals surface area contributed by atoms with E-state index in [9.17, 15) is 28.3 Å². The zero-order valence-corrected chi connectivity index (χ0v) is 25.2. The van der Waals surface area contributed by atoms with Crippen LogP contribution in [0, 0.1) is 11.6 Å². The molecule has 2 fully saturated rings. The van der Waals surface area contributed by atoms with Crippen LogP contribution < -0.4 is 5.32 Å². The number of carbonyl (C=O) groups is 3. The first-order valence-electron chi connectivity index (χ1n) is 14.1. The quantitative estimate of drug-likeness (QED) is 0.298. The van der Waals surface area contributed by atoms with Crippen molar-refractivity contribution in [2.24, 2.45) is 0 Å². The first-order chi connectivity index (χ1) is 21.1. The fourth-order valence-electron chi connectivity index (χ4n) is 5.38. The molecule has 10 nitrogen and oxygen atoms in total. The monoisotopic (exact) mass is 644 g/mol. The summed E-state index contributed by atoms with van der Waals surface area (Å²) in [6.45, 7) is 1.19. The van der Waals surface area contributed by atoms with Crippen molar-refractivity contribution in [2.75, 3.05) is 26.2 Å². The number of rotatable bonds is 11. The highest BCUT2D eigenvalue weighted by molar-refractivity contribution is 8.18. The highest BCUT2D eigenvalue weighted by Gasteiger charge is 2.37. The summed E-state index contributed by atoms with van der Waals surface area (Å²) in [5, 5.41) is 18.8. The van der Waals surface area contributed by atoms with E-state index in [0.717, 1.165) is 34.4 Å². The van der Waals surface area contributed by atoms with Crippen LogP contribution in [0.1, 0.15) is 36.8 Å². The van der Waals surface area contributed by atoms with Crippen molar-refractivity contribution < 1.29 is 28.3 Å². The SMILES string of the molecule is O=C(CCCN1C(=O)SC(=Cc2ccc(Cl)cc2)C1=O)NC1CCN(CC(O)(Cn2cncn2)c2ccc(F)cc2F)CC1. The Kier molecular flexibility index (Phi) is 10.1. The van der Waals surface area contributed by atoms with Crippen LogP contribution >= 0.6 is 23.4 Å². The Balaban J connectivity index is 1.09. The number of thioether (sulfide) groups is 1. The van der Waals surface area contributed by atoms with Crippen LogP contribution in [0.3, 0.4) is 0 Å². The Morgan fingerprint density at radius 1 is 1.14 bits per heavy atom. The molecule has 0 radical (unpaired) electrons. The lowest BCUT2D eigenvalue weighted by Gasteiger charge is -2.38. The van der Waals surface area contributed by atoms with E-state index in [2.05, 4.69) is 15.4 Å². The van der Waals surface area contributed by atoms with Gasteiger partial charge < -0.3 is 10.4 Å². The average Bonchev–Trinajstić information content (AvgIpc) is 3.58. The van der Waals surface area contributed by atoms with E-state index >= 15 is 0 Å². The third-order valence-corrected chi connectivity index (χ3v) is 8.75. The van der Waals surface area contributed by atoms with Gasteiger partial charge in [0.1, 0.15) is 29.9 Å². The molecular formula is C30H31ClF2N6O4S. The second-order valence-corrected chi connectivity index (χ2v) is 12.3. The number of hydrogen-bond donors (Lipinski definition) is 2. The van der Waals surface area contributed by atoms with Gasteiger partial charge in [-0.2, -0.15) is 5.10 Å². The summed E-state index contributed by atoms with van der Waals surface area (Å²) in [4.78, 5) is 45.1. The number of amides is 3. The molecule has 0 spiro atoms. The number of hydrogen-bond acceptors (Lipinski definition) is 8. The minimum Gasteiger partial charge on any atom is -0.382 e. The summed E-state index contributed by atoms with van der Waals surface area (Å²) in [6, 6.07) is 9.93. The first-order valence-corrected chi connectivity index (χ1v) is 15.3. The van der Waals surface area contributed by atoms with Crippen molar-refractivity contribution >= 4 is 46.5 Å². The van der Waals surface area contributed by atoms with Gasteiger partial charge in [0.25, 0.3) is 11.1 Å². The van der Waals surface area contributed by atoms with Gasteiger partial charge in [0, 0.05) is 55.3 Å². The first kappa shape index (κ1) is 31.8. The lowest BCUT2D eigenvalue weighted by molar-refractivity contribution is -0.124. The Hall–Kier alpha value is -3.65. The van der Waals surface area contributed by atoms with Crippen LogP contribution in [0.2, 0.25) is 5.02 Å². The number of imide groups is 1. The van der Waals surface area contributed by atoms with E-state index in [0.29, 0.717) is 42.3 Å². The summed E-state index contributed by atoms with van der Waals surface area (Å²) in [6.07, 6.45) is 6.07. The fourth-order valence-corrected chi connectivity index (χ4v) is 6.37. The number of aliphatic hydroxyl groups is 1. The Morgan fingerprint density at radius 3 is 2.57 bits per heavy atom. The summed E-state index contributed by atoms with van der Waals surface area (Å²) >= 11 is 6.77. The molecule has 14 heteroatoms. The summed E-state index contributed by atoms with van der Waals surface area (Å²) in [7, 11) is 0. The van der Waals surface area contributed by atoms with Crippen LogP contribution in [0.25, 0.3) is 6.08 Å². The van der Waals surface area contributed by atoms with Gasteiger partial charge in [-0.3, -0.25) is 24.2 Å². The molecule has 1 atom stereocenters. The molecule has 2 aliphatic heterocycles. The van der Waals surface area contributed by atoms with Crippen molar-refractivity contribution in [1.29, 1.82) is 0 Å².